The number of nitrogens with zero attached hydrogens (tertiary/aromatic N) is 2. The van der Waals surface area contributed by atoms with Gasteiger partial charge in [-0.25, -0.2) is 27.0 Å². The first kappa shape index (κ1) is 23.3. The van der Waals surface area contributed by atoms with E-state index in [1.54, 1.807) is 24.3 Å². The fourth-order valence-corrected chi connectivity index (χ4v) is 6.61. The highest BCUT2D eigenvalue weighted by Crippen LogP contribution is 2.49. The molecule has 2 saturated heterocycles. The van der Waals surface area contributed by atoms with Crippen LogP contribution in [-0.2, 0) is 30.1 Å². The number of pyridine rings is 1. The van der Waals surface area contributed by atoms with E-state index in [-0.39, 0.29) is 33.8 Å². The van der Waals surface area contributed by atoms with Gasteiger partial charge in [-0.1, -0.05) is 12.1 Å². The molecule has 9 nitrogen and oxygen atoms in total. The van der Waals surface area contributed by atoms with Crippen LogP contribution in [0.25, 0.3) is 0 Å². The van der Waals surface area contributed by atoms with Crippen LogP contribution in [0.5, 0.6) is 0 Å². The number of anilines is 1. The summed E-state index contributed by atoms with van der Waals surface area (Å²) in [6.45, 7) is 0. The Bertz CT molecular complexity index is 1320. The number of benzene rings is 1. The fraction of sp³-hybridized carbons (Fsp3) is 0.478. The normalized spacial score (nSPS) is 25.7. The number of piperidine rings is 1. The maximum atomic E-state index is 13.3. The van der Waals surface area contributed by atoms with Gasteiger partial charge in [0.2, 0.25) is 15.9 Å². The number of amides is 1. The van der Waals surface area contributed by atoms with Gasteiger partial charge in [-0.3, -0.25) is 4.79 Å². The monoisotopic (exact) mass is 504 g/mol. The number of sulfonamides is 1. The molecule has 3 N–H and O–H groups in total. The van der Waals surface area contributed by atoms with Crippen molar-refractivity contribution in [3.8, 4) is 0 Å². The summed E-state index contributed by atoms with van der Waals surface area (Å²) >= 11 is 0. The van der Waals surface area contributed by atoms with Crippen LogP contribution in [0.4, 0.5) is 5.82 Å². The lowest BCUT2D eigenvalue weighted by Gasteiger charge is -2.40. The first-order valence-corrected chi connectivity index (χ1v) is 14.8. The number of carbonyl (C=O) groups excluding carboxylic acids is 1. The highest BCUT2D eigenvalue weighted by Gasteiger charge is 2.52. The molecule has 2 aromatic rings. The molecule has 1 amide bonds. The molecule has 0 radical (unpaired) electrons. The van der Waals surface area contributed by atoms with Gasteiger partial charge in [0.25, 0.3) is 0 Å². The van der Waals surface area contributed by atoms with Crippen LogP contribution >= 0.6 is 0 Å². The lowest BCUT2D eigenvalue weighted by atomic mass is 9.92. The minimum Gasteiger partial charge on any atom is -0.352 e. The van der Waals surface area contributed by atoms with Gasteiger partial charge in [-0.05, 0) is 68.4 Å². The van der Waals surface area contributed by atoms with E-state index in [9.17, 15) is 21.6 Å². The molecule has 11 heteroatoms. The Morgan fingerprint density at radius 2 is 1.74 bits per heavy atom. The van der Waals surface area contributed by atoms with Crippen molar-refractivity contribution in [2.24, 2.45) is 5.14 Å². The number of fused-ring (bicyclic) bond motifs is 2. The van der Waals surface area contributed by atoms with Gasteiger partial charge in [0.05, 0.1) is 10.3 Å². The lowest BCUT2D eigenvalue weighted by Crippen LogP contribution is -2.52. The third-order valence-corrected chi connectivity index (χ3v) is 9.39. The number of nitrogens with two attached hydrogens (primary N) is 1. The van der Waals surface area contributed by atoms with Gasteiger partial charge in [-0.15, -0.1) is 0 Å². The highest BCUT2D eigenvalue weighted by molar-refractivity contribution is 7.90. The standard InChI is InChI=1S/C23H28N4O5S2/c1-33(29,30)19-4-2-3-15(11-19)23(9-10-23)22(28)26-16-12-17-5-6-18(13-16)27(17)21-8-7-20(14-25-21)34(24,31)32/h2-4,7-8,11,14,16-18H,5-6,9-10,12-13H2,1H3,(H,26,28)(H2,24,31,32)/t16?,17-,18+. The summed E-state index contributed by atoms with van der Waals surface area (Å²) in [4.78, 5) is 20.1. The van der Waals surface area contributed by atoms with E-state index >= 15 is 0 Å². The second-order valence-electron chi connectivity index (χ2n) is 9.71. The SMILES string of the molecule is CS(=O)(=O)c1cccc(C2(C(=O)NC3C[C@H]4CC[C@@H](C3)N4c3ccc(S(N)(=O)=O)cn3)CC2)c1. The van der Waals surface area contributed by atoms with Crippen molar-refractivity contribution < 1.29 is 21.6 Å². The number of hydrogen-bond acceptors (Lipinski definition) is 7. The van der Waals surface area contributed by atoms with E-state index in [0.717, 1.165) is 37.1 Å². The molecule has 0 spiro atoms. The number of sulfone groups is 1. The third-order valence-electron chi connectivity index (χ3n) is 7.38. The fourth-order valence-electron chi connectivity index (χ4n) is 5.48. The highest BCUT2D eigenvalue weighted by atomic mass is 32.2. The summed E-state index contributed by atoms with van der Waals surface area (Å²) in [5.41, 5.74) is 0.106. The molecule has 34 heavy (non-hydrogen) atoms. The van der Waals surface area contributed by atoms with E-state index in [0.29, 0.717) is 12.8 Å². The maximum Gasteiger partial charge on any atom is 0.239 e. The molecule has 1 aliphatic carbocycles. The Morgan fingerprint density at radius 3 is 2.26 bits per heavy atom. The predicted molar refractivity (Wildman–Crippen MR) is 127 cm³/mol. The largest absolute Gasteiger partial charge is 0.352 e. The smallest absolute Gasteiger partial charge is 0.239 e. The number of carbonyl (C=O) groups is 1. The van der Waals surface area contributed by atoms with Crippen LogP contribution < -0.4 is 15.4 Å². The molecular formula is C23H28N4O5S2. The van der Waals surface area contributed by atoms with E-state index < -0.39 is 25.3 Å². The van der Waals surface area contributed by atoms with Crippen molar-refractivity contribution in [1.82, 2.24) is 10.3 Å². The summed E-state index contributed by atoms with van der Waals surface area (Å²) in [6, 6.07) is 10.3. The van der Waals surface area contributed by atoms with Crippen LogP contribution in [0.2, 0.25) is 0 Å². The van der Waals surface area contributed by atoms with Crippen molar-refractivity contribution in [2.45, 2.75) is 71.9 Å². The molecular weight excluding hydrogens is 476 g/mol. The minimum atomic E-state index is -3.79. The van der Waals surface area contributed by atoms with Crippen molar-refractivity contribution >= 4 is 31.6 Å². The molecule has 3 fully saturated rings. The number of primary sulfonamides is 1. The molecule has 5 rings (SSSR count). The molecule has 1 unspecified atom stereocenters. The quantitative estimate of drug-likeness (QED) is 0.607. The number of nitrogens with one attached hydrogen (secondary N) is 1. The summed E-state index contributed by atoms with van der Waals surface area (Å²) in [5.74, 6) is 0.688. The van der Waals surface area contributed by atoms with Crippen molar-refractivity contribution in [3.63, 3.8) is 0 Å². The zero-order valence-electron chi connectivity index (χ0n) is 18.8. The summed E-state index contributed by atoms with van der Waals surface area (Å²) < 4.78 is 47.0. The van der Waals surface area contributed by atoms with Crippen LogP contribution in [0.1, 0.15) is 44.1 Å². The van der Waals surface area contributed by atoms with Crippen molar-refractivity contribution in [2.75, 3.05) is 11.2 Å². The average molecular weight is 505 g/mol. The molecule has 3 aliphatic rings. The van der Waals surface area contributed by atoms with Crippen molar-refractivity contribution in [1.29, 1.82) is 0 Å². The predicted octanol–water partition coefficient (Wildman–Crippen LogP) is 1.48. The van der Waals surface area contributed by atoms with Gasteiger partial charge in [-0.2, -0.15) is 0 Å². The van der Waals surface area contributed by atoms with Crippen LogP contribution in [0.3, 0.4) is 0 Å². The zero-order valence-corrected chi connectivity index (χ0v) is 20.5. The van der Waals surface area contributed by atoms with Gasteiger partial charge in [0, 0.05) is 30.6 Å². The van der Waals surface area contributed by atoms with Gasteiger partial charge in [0.15, 0.2) is 9.84 Å². The third kappa shape index (κ3) is 4.20. The minimum absolute atomic E-state index is 0.0135. The lowest BCUT2D eigenvalue weighted by molar-refractivity contribution is -0.124. The number of rotatable bonds is 6. The first-order chi connectivity index (χ1) is 16.0. The second kappa shape index (κ2) is 8.03. The Labute approximate surface area is 199 Å². The number of hydrogen-bond donors (Lipinski definition) is 2. The van der Waals surface area contributed by atoms with E-state index in [1.807, 2.05) is 6.07 Å². The first-order valence-electron chi connectivity index (χ1n) is 11.4. The molecule has 2 bridgehead atoms. The summed E-state index contributed by atoms with van der Waals surface area (Å²) in [5, 5.41) is 8.43. The molecule has 182 valence electrons. The van der Waals surface area contributed by atoms with E-state index in [4.69, 9.17) is 5.14 Å². The molecule has 3 atom stereocenters. The second-order valence-corrected chi connectivity index (χ2v) is 13.3. The van der Waals surface area contributed by atoms with Gasteiger partial charge < -0.3 is 10.2 Å². The van der Waals surface area contributed by atoms with E-state index in [2.05, 4.69) is 15.2 Å². The zero-order chi connectivity index (χ0) is 24.3. The van der Waals surface area contributed by atoms with E-state index in [1.165, 1.54) is 18.5 Å². The molecule has 1 aromatic heterocycles. The average Bonchev–Trinajstić information content (AvgIpc) is 3.54. The van der Waals surface area contributed by atoms with Crippen LogP contribution in [0, 0.1) is 0 Å². The Hall–Kier alpha value is -2.50. The Kier molecular flexibility index (Phi) is 5.49. The van der Waals surface area contributed by atoms with Gasteiger partial charge >= 0.3 is 0 Å². The Balaban J connectivity index is 1.29. The topological polar surface area (TPSA) is 140 Å². The molecule has 1 aromatic carbocycles. The van der Waals surface area contributed by atoms with Crippen LogP contribution in [-0.4, -0.2) is 52.1 Å². The summed E-state index contributed by atoms with van der Waals surface area (Å²) in [6.07, 6.45) is 7.40. The van der Waals surface area contributed by atoms with Crippen LogP contribution in [0.15, 0.2) is 52.4 Å². The Morgan fingerprint density at radius 1 is 1.06 bits per heavy atom. The molecule has 1 saturated carbocycles. The number of aromatic nitrogens is 1. The maximum absolute atomic E-state index is 13.3. The summed E-state index contributed by atoms with van der Waals surface area (Å²) in [7, 11) is -7.13. The van der Waals surface area contributed by atoms with Gasteiger partial charge in [0.1, 0.15) is 10.7 Å². The van der Waals surface area contributed by atoms with Crippen molar-refractivity contribution in [3.05, 3.63) is 48.2 Å². The molecule has 3 heterocycles. The molecule has 2 aliphatic heterocycles.